The molecule has 0 aromatic heterocycles. The first-order valence-corrected chi connectivity index (χ1v) is 5.19. The fourth-order valence-electron chi connectivity index (χ4n) is 2.15. The van der Waals surface area contributed by atoms with Crippen LogP contribution in [0.5, 0.6) is 0 Å². The van der Waals surface area contributed by atoms with Gasteiger partial charge in [0.15, 0.2) is 0 Å². The van der Waals surface area contributed by atoms with Gasteiger partial charge in [-0.2, -0.15) is 0 Å². The topological polar surface area (TPSA) is 37.3 Å². The summed E-state index contributed by atoms with van der Waals surface area (Å²) in [5, 5.41) is 8.75. The Morgan fingerprint density at radius 3 is 2.85 bits per heavy atom. The maximum absolute atomic E-state index is 11.3. The highest BCUT2D eigenvalue weighted by atomic mass is 16.2. The molecule has 2 nitrogen and oxygen atoms in total. The zero-order chi connectivity index (χ0) is 9.90. The van der Waals surface area contributed by atoms with Crippen LogP contribution < -0.4 is 0 Å². The molecule has 76 valence electrons. The van der Waals surface area contributed by atoms with Crippen molar-refractivity contribution in [1.82, 2.24) is 0 Å². The van der Waals surface area contributed by atoms with Gasteiger partial charge in [0.05, 0.1) is 0 Å². The highest BCUT2D eigenvalue weighted by Gasteiger charge is 2.34. The number of hydrogen-bond donors (Lipinski definition) is 1. The standard InChI is InChI=1S/C11H20O2/c1-11(2)6-5-10(13)8-9(11)4-3-7-12/h9,12H,3-8H2,1-2H3. The molecule has 2 heteroatoms. The van der Waals surface area contributed by atoms with E-state index in [0.29, 0.717) is 17.1 Å². The fourth-order valence-corrected chi connectivity index (χ4v) is 2.15. The predicted molar refractivity (Wildman–Crippen MR) is 52.4 cm³/mol. The van der Waals surface area contributed by atoms with E-state index >= 15 is 0 Å². The molecule has 1 aliphatic rings. The Kier molecular flexibility index (Phi) is 3.48. The lowest BCUT2D eigenvalue weighted by molar-refractivity contribution is -0.124. The second-order valence-electron chi connectivity index (χ2n) is 4.79. The molecule has 1 fully saturated rings. The van der Waals surface area contributed by atoms with E-state index in [4.69, 9.17) is 5.11 Å². The summed E-state index contributed by atoms with van der Waals surface area (Å²) in [7, 11) is 0. The number of rotatable bonds is 3. The summed E-state index contributed by atoms with van der Waals surface area (Å²) in [5.74, 6) is 0.892. The Hall–Kier alpha value is -0.370. The maximum atomic E-state index is 11.3. The molecule has 1 unspecified atom stereocenters. The van der Waals surface area contributed by atoms with Gasteiger partial charge in [-0.15, -0.1) is 0 Å². The highest BCUT2D eigenvalue weighted by Crippen LogP contribution is 2.41. The van der Waals surface area contributed by atoms with Gasteiger partial charge < -0.3 is 5.11 Å². The minimum absolute atomic E-state index is 0.251. The molecule has 0 amide bonds. The molecule has 1 rings (SSSR count). The first kappa shape index (κ1) is 10.7. The molecule has 0 spiro atoms. The molecule has 1 atom stereocenters. The van der Waals surface area contributed by atoms with Crippen LogP contribution in [0.25, 0.3) is 0 Å². The Morgan fingerprint density at radius 2 is 2.23 bits per heavy atom. The molecular weight excluding hydrogens is 164 g/mol. The molecule has 0 radical (unpaired) electrons. The largest absolute Gasteiger partial charge is 0.396 e. The van der Waals surface area contributed by atoms with E-state index in [1.165, 1.54) is 0 Å². The van der Waals surface area contributed by atoms with Gasteiger partial charge in [-0.05, 0) is 30.6 Å². The van der Waals surface area contributed by atoms with Crippen molar-refractivity contribution in [1.29, 1.82) is 0 Å². The average Bonchev–Trinajstić information content (AvgIpc) is 2.07. The number of aliphatic hydroxyl groups excluding tert-OH is 1. The molecule has 1 N–H and O–H groups in total. The fraction of sp³-hybridized carbons (Fsp3) is 0.909. The Bertz CT molecular complexity index is 185. The van der Waals surface area contributed by atoms with Crippen molar-refractivity contribution < 1.29 is 9.90 Å². The molecule has 1 saturated carbocycles. The van der Waals surface area contributed by atoms with Crippen LogP contribution in [0.15, 0.2) is 0 Å². The summed E-state index contributed by atoms with van der Waals surface area (Å²) >= 11 is 0. The summed E-state index contributed by atoms with van der Waals surface area (Å²) in [6, 6.07) is 0. The quantitative estimate of drug-likeness (QED) is 0.729. The van der Waals surface area contributed by atoms with Crippen LogP contribution in [-0.2, 0) is 4.79 Å². The third kappa shape index (κ3) is 2.80. The van der Waals surface area contributed by atoms with Crippen LogP contribution in [0.1, 0.15) is 46.0 Å². The first-order valence-electron chi connectivity index (χ1n) is 5.19. The summed E-state index contributed by atoms with van der Waals surface area (Å²) in [4.78, 5) is 11.3. The van der Waals surface area contributed by atoms with Gasteiger partial charge >= 0.3 is 0 Å². The third-order valence-corrected chi connectivity index (χ3v) is 3.34. The van der Waals surface area contributed by atoms with Gasteiger partial charge in [-0.3, -0.25) is 4.79 Å². The van der Waals surface area contributed by atoms with E-state index in [0.717, 1.165) is 32.1 Å². The number of hydrogen-bond acceptors (Lipinski definition) is 2. The van der Waals surface area contributed by atoms with Crippen molar-refractivity contribution in [3.8, 4) is 0 Å². The Morgan fingerprint density at radius 1 is 1.54 bits per heavy atom. The molecule has 1 aliphatic carbocycles. The zero-order valence-corrected chi connectivity index (χ0v) is 8.68. The molecule has 0 aliphatic heterocycles. The molecule has 13 heavy (non-hydrogen) atoms. The van der Waals surface area contributed by atoms with E-state index in [9.17, 15) is 4.79 Å². The maximum Gasteiger partial charge on any atom is 0.133 e. The second-order valence-corrected chi connectivity index (χ2v) is 4.79. The van der Waals surface area contributed by atoms with Gasteiger partial charge in [0.25, 0.3) is 0 Å². The van der Waals surface area contributed by atoms with Crippen LogP contribution in [0.4, 0.5) is 0 Å². The number of carbonyl (C=O) groups excluding carboxylic acids is 1. The average molecular weight is 184 g/mol. The number of ketones is 1. The smallest absolute Gasteiger partial charge is 0.133 e. The van der Waals surface area contributed by atoms with Crippen LogP contribution in [0.3, 0.4) is 0 Å². The van der Waals surface area contributed by atoms with Crippen molar-refractivity contribution in [3.05, 3.63) is 0 Å². The number of Topliss-reactive ketones (excluding diaryl/α,β-unsaturated/α-hetero) is 1. The second kappa shape index (κ2) is 4.23. The normalized spacial score (nSPS) is 27.6. The highest BCUT2D eigenvalue weighted by molar-refractivity contribution is 5.79. The predicted octanol–water partition coefficient (Wildman–Crippen LogP) is 2.15. The van der Waals surface area contributed by atoms with Crippen LogP contribution in [-0.4, -0.2) is 17.5 Å². The van der Waals surface area contributed by atoms with Gasteiger partial charge in [-0.1, -0.05) is 13.8 Å². The van der Waals surface area contributed by atoms with E-state index in [-0.39, 0.29) is 6.61 Å². The van der Waals surface area contributed by atoms with E-state index in [1.54, 1.807) is 0 Å². The Balaban J connectivity index is 2.50. The molecule has 0 aromatic rings. The van der Waals surface area contributed by atoms with Crippen molar-refractivity contribution >= 4 is 5.78 Å². The molecule has 0 bridgehead atoms. The van der Waals surface area contributed by atoms with Gasteiger partial charge in [0.1, 0.15) is 5.78 Å². The van der Waals surface area contributed by atoms with Crippen molar-refractivity contribution in [2.45, 2.75) is 46.0 Å². The van der Waals surface area contributed by atoms with Crippen molar-refractivity contribution in [2.24, 2.45) is 11.3 Å². The first-order chi connectivity index (χ1) is 6.06. The molecular formula is C11H20O2. The number of carbonyl (C=O) groups is 1. The summed E-state index contributed by atoms with van der Waals surface area (Å²) in [6.07, 6.45) is 4.33. The van der Waals surface area contributed by atoms with Crippen LogP contribution >= 0.6 is 0 Å². The van der Waals surface area contributed by atoms with Gasteiger partial charge in [0, 0.05) is 19.4 Å². The Labute approximate surface area is 80.3 Å². The summed E-state index contributed by atoms with van der Waals surface area (Å²) in [5.41, 5.74) is 0.295. The van der Waals surface area contributed by atoms with Gasteiger partial charge in [-0.25, -0.2) is 0 Å². The minimum atomic E-state index is 0.251. The SMILES string of the molecule is CC1(C)CCC(=O)CC1CCCO. The van der Waals surface area contributed by atoms with Gasteiger partial charge in [0.2, 0.25) is 0 Å². The summed E-state index contributed by atoms with van der Waals surface area (Å²) < 4.78 is 0. The number of aliphatic hydroxyl groups is 1. The molecule has 0 saturated heterocycles. The lowest BCUT2D eigenvalue weighted by Gasteiger charge is -2.38. The van der Waals surface area contributed by atoms with E-state index in [1.807, 2.05) is 0 Å². The minimum Gasteiger partial charge on any atom is -0.396 e. The van der Waals surface area contributed by atoms with Crippen LogP contribution in [0, 0.1) is 11.3 Å². The third-order valence-electron chi connectivity index (χ3n) is 3.34. The van der Waals surface area contributed by atoms with E-state index < -0.39 is 0 Å². The lowest BCUT2D eigenvalue weighted by Crippen LogP contribution is -2.32. The van der Waals surface area contributed by atoms with Crippen molar-refractivity contribution in [3.63, 3.8) is 0 Å². The van der Waals surface area contributed by atoms with Crippen LogP contribution in [0.2, 0.25) is 0 Å². The van der Waals surface area contributed by atoms with E-state index in [2.05, 4.69) is 13.8 Å². The lowest BCUT2D eigenvalue weighted by atomic mass is 9.67. The molecule has 0 heterocycles. The van der Waals surface area contributed by atoms with Crippen molar-refractivity contribution in [2.75, 3.05) is 6.61 Å². The summed E-state index contributed by atoms with van der Waals surface area (Å²) in [6.45, 7) is 4.73. The zero-order valence-electron chi connectivity index (χ0n) is 8.68. The monoisotopic (exact) mass is 184 g/mol. The molecule has 0 aromatic carbocycles.